The van der Waals surface area contributed by atoms with Gasteiger partial charge in [-0.05, 0) is 54.8 Å². The fraction of sp³-hybridized carbons (Fsp3) is 0.346. The summed E-state index contributed by atoms with van der Waals surface area (Å²) in [5.74, 6) is 1.78. The highest BCUT2D eigenvalue weighted by Gasteiger charge is 2.27. The van der Waals surface area contributed by atoms with Crippen molar-refractivity contribution in [2.75, 3.05) is 38.9 Å². The molecule has 0 saturated heterocycles. The Bertz CT molecular complexity index is 1220. The van der Waals surface area contributed by atoms with E-state index >= 15 is 0 Å². The maximum Gasteiger partial charge on any atom is 0.231 e. The Balaban J connectivity index is 1.52. The summed E-state index contributed by atoms with van der Waals surface area (Å²) >= 11 is 1.55. The topological polar surface area (TPSA) is 96.5 Å². The van der Waals surface area contributed by atoms with Crippen molar-refractivity contribution in [2.45, 2.75) is 24.7 Å². The quantitative estimate of drug-likeness (QED) is 0.457. The molecule has 4 rings (SSSR count). The van der Waals surface area contributed by atoms with Crippen molar-refractivity contribution in [3.8, 4) is 22.6 Å². The molecule has 2 aromatic carbocycles. The number of ether oxygens (including phenoxy) is 2. The van der Waals surface area contributed by atoms with Crippen LogP contribution in [0.1, 0.15) is 17.7 Å². The molecule has 0 spiro atoms. The standard InChI is InChI=1S/C26H30N4O4S/c1-16-21(14-27-29-16)17-5-7-22(24(13-17)35-10-9-25(31)30(2)3)28-26(32)19-11-18-12-20(33-4)6-8-23(18)34-15-19/h5-8,12-14,19H,9-11,15H2,1-4H3,(H,27,29)(H,28,32)/t19-/m1/s1. The zero-order valence-electron chi connectivity index (χ0n) is 20.4. The Kier molecular flexibility index (Phi) is 7.65. The van der Waals surface area contributed by atoms with Crippen LogP contribution in [0.2, 0.25) is 0 Å². The Morgan fingerprint density at radius 3 is 2.80 bits per heavy atom. The molecule has 9 heteroatoms. The number of carbonyl (C=O) groups is 2. The average molecular weight is 495 g/mol. The number of anilines is 1. The first-order valence-corrected chi connectivity index (χ1v) is 12.4. The number of nitrogens with zero attached hydrogens (tertiary/aromatic N) is 2. The Morgan fingerprint density at radius 2 is 2.09 bits per heavy atom. The Morgan fingerprint density at radius 1 is 1.26 bits per heavy atom. The van der Waals surface area contributed by atoms with Gasteiger partial charge in [-0.3, -0.25) is 14.7 Å². The van der Waals surface area contributed by atoms with Crippen molar-refractivity contribution in [1.82, 2.24) is 15.1 Å². The molecule has 2 N–H and O–H groups in total. The molecule has 0 bridgehead atoms. The molecule has 8 nitrogen and oxygen atoms in total. The van der Waals surface area contributed by atoms with Gasteiger partial charge in [0.05, 0.1) is 24.9 Å². The van der Waals surface area contributed by atoms with Crippen LogP contribution in [0.25, 0.3) is 11.1 Å². The lowest BCUT2D eigenvalue weighted by molar-refractivity contribution is -0.128. The summed E-state index contributed by atoms with van der Waals surface area (Å²) in [6.07, 6.45) is 2.78. The fourth-order valence-corrected chi connectivity index (χ4v) is 4.91. The second-order valence-corrected chi connectivity index (χ2v) is 9.82. The molecular formula is C26H30N4O4S. The first-order valence-electron chi connectivity index (χ1n) is 11.4. The number of benzene rings is 2. The van der Waals surface area contributed by atoms with Crippen molar-refractivity contribution in [3.05, 3.63) is 53.9 Å². The Hall–Kier alpha value is -3.46. The lowest BCUT2D eigenvalue weighted by atomic mass is 9.95. The molecule has 2 heterocycles. The monoisotopic (exact) mass is 494 g/mol. The second-order valence-electron chi connectivity index (χ2n) is 8.68. The number of aromatic nitrogens is 2. The number of aryl methyl sites for hydroxylation is 1. The van der Waals surface area contributed by atoms with E-state index in [4.69, 9.17) is 9.47 Å². The van der Waals surface area contributed by atoms with Gasteiger partial charge in [-0.25, -0.2) is 0 Å². The van der Waals surface area contributed by atoms with Gasteiger partial charge in [0, 0.05) is 42.4 Å². The molecule has 1 aliphatic rings. The number of fused-ring (bicyclic) bond motifs is 1. The average Bonchev–Trinajstić information content (AvgIpc) is 3.29. The summed E-state index contributed by atoms with van der Waals surface area (Å²) in [6, 6.07) is 11.6. The molecule has 0 radical (unpaired) electrons. The predicted octanol–water partition coefficient (Wildman–Crippen LogP) is 4.15. The minimum absolute atomic E-state index is 0.0679. The number of aromatic amines is 1. The highest BCUT2D eigenvalue weighted by atomic mass is 32.2. The summed E-state index contributed by atoms with van der Waals surface area (Å²) in [4.78, 5) is 27.8. The van der Waals surface area contributed by atoms with E-state index in [0.717, 1.165) is 44.5 Å². The van der Waals surface area contributed by atoms with E-state index in [1.807, 2.05) is 43.3 Å². The molecule has 2 amide bonds. The van der Waals surface area contributed by atoms with Gasteiger partial charge in [0.15, 0.2) is 0 Å². The lowest BCUT2D eigenvalue weighted by Gasteiger charge is -2.25. The Labute approximate surface area is 209 Å². The zero-order chi connectivity index (χ0) is 24.9. The normalized spacial score (nSPS) is 14.6. The van der Waals surface area contributed by atoms with E-state index in [2.05, 4.69) is 15.5 Å². The van der Waals surface area contributed by atoms with E-state index < -0.39 is 0 Å². The number of nitrogens with one attached hydrogen (secondary N) is 2. The van der Waals surface area contributed by atoms with Gasteiger partial charge in [0.1, 0.15) is 18.1 Å². The second kappa shape index (κ2) is 10.9. The van der Waals surface area contributed by atoms with Gasteiger partial charge in [0.25, 0.3) is 0 Å². The molecule has 3 aromatic rings. The molecule has 0 unspecified atom stereocenters. The van der Waals surface area contributed by atoms with Crippen LogP contribution < -0.4 is 14.8 Å². The number of thioether (sulfide) groups is 1. The van der Waals surface area contributed by atoms with E-state index in [9.17, 15) is 9.59 Å². The molecule has 1 atom stereocenters. The first kappa shape index (κ1) is 24.7. The van der Waals surface area contributed by atoms with E-state index in [0.29, 0.717) is 25.2 Å². The molecule has 0 saturated carbocycles. The van der Waals surface area contributed by atoms with Crippen LogP contribution in [0.4, 0.5) is 5.69 Å². The van der Waals surface area contributed by atoms with Gasteiger partial charge < -0.3 is 19.7 Å². The summed E-state index contributed by atoms with van der Waals surface area (Å²) in [7, 11) is 5.12. The van der Waals surface area contributed by atoms with Crippen LogP contribution >= 0.6 is 11.8 Å². The molecule has 184 valence electrons. The van der Waals surface area contributed by atoms with Crippen LogP contribution in [0.5, 0.6) is 11.5 Å². The minimum atomic E-state index is -0.321. The van der Waals surface area contributed by atoms with Crippen molar-refractivity contribution in [3.63, 3.8) is 0 Å². The first-order chi connectivity index (χ1) is 16.9. The smallest absolute Gasteiger partial charge is 0.231 e. The van der Waals surface area contributed by atoms with Crippen LogP contribution in [-0.2, 0) is 16.0 Å². The van der Waals surface area contributed by atoms with E-state index in [1.54, 1.807) is 44.1 Å². The van der Waals surface area contributed by atoms with Crippen molar-refractivity contribution < 1.29 is 19.1 Å². The third kappa shape index (κ3) is 5.79. The minimum Gasteiger partial charge on any atom is -0.497 e. The van der Waals surface area contributed by atoms with Crippen LogP contribution in [0.3, 0.4) is 0 Å². The van der Waals surface area contributed by atoms with Gasteiger partial charge in [-0.1, -0.05) is 6.07 Å². The molecule has 1 aliphatic heterocycles. The summed E-state index contributed by atoms with van der Waals surface area (Å²) in [5.41, 5.74) is 4.64. The number of rotatable bonds is 8. The van der Waals surface area contributed by atoms with Crippen LogP contribution in [0, 0.1) is 12.8 Å². The molecule has 0 fully saturated rings. The summed E-state index contributed by atoms with van der Waals surface area (Å²) in [5, 5.41) is 10.2. The number of carbonyl (C=O) groups excluding carboxylic acids is 2. The molecule has 35 heavy (non-hydrogen) atoms. The SMILES string of the molecule is COc1ccc2c(c1)C[C@@H](C(=O)Nc1ccc(-c3cn[nH]c3C)cc1SCCC(=O)N(C)C)CO2. The third-order valence-electron chi connectivity index (χ3n) is 6.00. The summed E-state index contributed by atoms with van der Waals surface area (Å²) in [6.45, 7) is 2.29. The maximum absolute atomic E-state index is 13.2. The largest absolute Gasteiger partial charge is 0.497 e. The highest BCUT2D eigenvalue weighted by Crippen LogP contribution is 2.35. The number of hydrogen-bond acceptors (Lipinski definition) is 6. The third-order valence-corrected chi connectivity index (χ3v) is 7.05. The number of amides is 2. The molecular weight excluding hydrogens is 464 g/mol. The lowest BCUT2D eigenvalue weighted by Crippen LogP contribution is -2.32. The van der Waals surface area contributed by atoms with Gasteiger partial charge in [-0.15, -0.1) is 11.8 Å². The predicted molar refractivity (Wildman–Crippen MR) is 137 cm³/mol. The van der Waals surface area contributed by atoms with E-state index in [-0.39, 0.29) is 17.7 Å². The fourth-order valence-electron chi connectivity index (χ4n) is 3.93. The van der Waals surface area contributed by atoms with Gasteiger partial charge in [0.2, 0.25) is 11.8 Å². The van der Waals surface area contributed by atoms with Gasteiger partial charge in [-0.2, -0.15) is 5.10 Å². The number of hydrogen-bond donors (Lipinski definition) is 2. The molecule has 1 aromatic heterocycles. The van der Waals surface area contributed by atoms with Gasteiger partial charge >= 0.3 is 0 Å². The van der Waals surface area contributed by atoms with E-state index in [1.165, 1.54) is 0 Å². The highest BCUT2D eigenvalue weighted by molar-refractivity contribution is 7.99. The molecule has 0 aliphatic carbocycles. The zero-order valence-corrected chi connectivity index (χ0v) is 21.2. The number of H-pyrrole nitrogens is 1. The van der Waals surface area contributed by atoms with Crippen LogP contribution in [0.15, 0.2) is 47.5 Å². The van der Waals surface area contributed by atoms with Crippen molar-refractivity contribution in [1.29, 1.82) is 0 Å². The number of methoxy groups -OCH3 is 1. The summed E-state index contributed by atoms with van der Waals surface area (Å²) < 4.78 is 11.2. The van der Waals surface area contributed by atoms with Crippen molar-refractivity contribution in [2.24, 2.45) is 5.92 Å². The van der Waals surface area contributed by atoms with Crippen molar-refractivity contribution >= 4 is 29.3 Å². The van der Waals surface area contributed by atoms with Crippen LogP contribution in [-0.4, -0.2) is 60.5 Å². The maximum atomic E-state index is 13.2.